The summed E-state index contributed by atoms with van der Waals surface area (Å²) in [6, 6.07) is 9.53. The third-order valence-corrected chi connectivity index (χ3v) is 5.68. The van der Waals surface area contributed by atoms with Gasteiger partial charge in [-0.1, -0.05) is 12.1 Å². The molecule has 3 N–H and O–H groups in total. The summed E-state index contributed by atoms with van der Waals surface area (Å²) in [5.74, 6) is -2.32. The average molecular weight is 698 g/mol. The molecule has 2 unspecified atom stereocenters. The van der Waals surface area contributed by atoms with Crippen molar-refractivity contribution in [2.24, 2.45) is 0 Å². The minimum absolute atomic E-state index is 0.231. The largest absolute Gasteiger partial charge is 0.451 e. The first kappa shape index (κ1) is 37.0. The maximum absolute atomic E-state index is 12.4. The van der Waals surface area contributed by atoms with Crippen LogP contribution in [0.1, 0.15) is 25.5 Å². The van der Waals surface area contributed by atoms with E-state index in [0.29, 0.717) is 22.5 Å². The van der Waals surface area contributed by atoms with E-state index < -0.39 is 45.9 Å². The summed E-state index contributed by atoms with van der Waals surface area (Å²) in [6.45, 7) is 3.03. The summed E-state index contributed by atoms with van der Waals surface area (Å²) in [7, 11) is 0. The van der Waals surface area contributed by atoms with Gasteiger partial charge in [0.05, 0.1) is 11.4 Å². The van der Waals surface area contributed by atoms with Crippen molar-refractivity contribution in [3.63, 3.8) is 0 Å². The van der Waals surface area contributed by atoms with Gasteiger partial charge in [0.1, 0.15) is 22.4 Å². The molecule has 10 nitrogen and oxygen atoms in total. The molecule has 0 radical (unpaired) electrons. The van der Waals surface area contributed by atoms with E-state index in [2.05, 4.69) is 35.2 Å². The lowest BCUT2D eigenvalue weighted by atomic mass is 10.2. The maximum Gasteiger partial charge on any atom is 0.451 e. The fraction of sp³-hybridized carbons (Fsp3) is 0.231. The van der Waals surface area contributed by atoms with Crippen molar-refractivity contribution in [1.29, 1.82) is 0 Å². The van der Waals surface area contributed by atoms with Crippen LogP contribution in [0.25, 0.3) is 22.5 Å². The maximum atomic E-state index is 12.4. The van der Waals surface area contributed by atoms with Crippen molar-refractivity contribution in [3.8, 4) is 22.5 Å². The predicted octanol–water partition coefficient (Wildman–Crippen LogP) is 6.64. The number of nitrogen functional groups attached to an aromatic ring is 1. The van der Waals surface area contributed by atoms with Crippen LogP contribution >= 0.6 is 34.8 Å². The number of rotatable bonds is 5. The molecule has 0 aliphatic carbocycles. The molecule has 0 aliphatic heterocycles. The Hall–Kier alpha value is -4.15. The summed E-state index contributed by atoms with van der Waals surface area (Å²) in [4.78, 5) is 42.3. The first-order chi connectivity index (χ1) is 20.9. The summed E-state index contributed by atoms with van der Waals surface area (Å²) >= 11 is 15.6. The molecule has 0 aliphatic rings. The third kappa shape index (κ3) is 12.4. The number of hydrogen-bond donors (Lipinski definition) is 2. The van der Waals surface area contributed by atoms with Crippen molar-refractivity contribution in [3.05, 3.63) is 72.8 Å². The first-order valence-corrected chi connectivity index (χ1v) is 13.4. The summed E-state index contributed by atoms with van der Waals surface area (Å²) in [5.41, 5.74) is 6.89. The van der Waals surface area contributed by atoms with E-state index in [-0.39, 0.29) is 11.6 Å². The molecule has 4 rings (SSSR count). The quantitative estimate of drug-likeness (QED) is 0.133. The van der Waals surface area contributed by atoms with Gasteiger partial charge in [-0.3, -0.25) is 9.59 Å². The van der Waals surface area contributed by atoms with Gasteiger partial charge in [-0.2, -0.15) is 26.3 Å². The highest BCUT2D eigenvalue weighted by molar-refractivity contribution is 6.69. The third-order valence-electron chi connectivity index (χ3n) is 4.85. The zero-order chi connectivity index (χ0) is 33.9. The smallest absolute Gasteiger partial charge is 0.384 e. The predicted molar refractivity (Wildman–Crippen MR) is 155 cm³/mol. The number of aromatic nitrogens is 6. The standard InChI is InChI=1S/C13H10ClF3N4O.C10H7F3N4.C3H4Cl2O/c1-7(14)11(22)21-10-4-2-3-9(20-10)8-5-18-12(19-6-8)13(15,16)17;11-10(12,13)9-15-4-6(5-16-9)7-2-1-3-8(14)17-7;1-2(4)3(5)6/h2-7H,1H3,(H,20,21,22);1-5H,(H2,14,17);2H,1H3. The van der Waals surface area contributed by atoms with Gasteiger partial charge in [0.15, 0.2) is 0 Å². The molecule has 240 valence electrons. The number of carbonyl (C=O) groups excluding carboxylic acids is 2. The summed E-state index contributed by atoms with van der Waals surface area (Å²) in [5, 5.41) is 0.696. The lowest BCUT2D eigenvalue weighted by Crippen LogP contribution is -2.20. The van der Waals surface area contributed by atoms with Crippen LogP contribution in [0.4, 0.5) is 38.0 Å². The van der Waals surface area contributed by atoms with Gasteiger partial charge >= 0.3 is 12.4 Å². The second-order valence-corrected chi connectivity index (χ2v) is 10.1. The SMILES string of the molecule is CC(Cl)C(=O)Cl.CC(Cl)C(=O)Nc1cccc(-c2cnc(C(F)(F)F)nc2)n1.Nc1cccc(-c2cnc(C(F)(F)F)nc2)n1. The Labute approximate surface area is 266 Å². The molecule has 0 spiro atoms. The van der Waals surface area contributed by atoms with Crippen molar-refractivity contribution < 1.29 is 35.9 Å². The van der Waals surface area contributed by atoms with Gasteiger partial charge in [0, 0.05) is 35.9 Å². The molecule has 1 amide bonds. The molecule has 0 aromatic carbocycles. The molecular formula is C26H21Cl3F6N8O2. The summed E-state index contributed by atoms with van der Waals surface area (Å²) in [6.07, 6.45) is -4.96. The lowest BCUT2D eigenvalue weighted by molar-refractivity contribution is -0.145. The van der Waals surface area contributed by atoms with E-state index in [9.17, 15) is 35.9 Å². The average Bonchev–Trinajstić information content (AvgIpc) is 2.97. The van der Waals surface area contributed by atoms with Crippen molar-refractivity contribution in [2.75, 3.05) is 11.1 Å². The molecule has 0 fully saturated rings. The number of pyridine rings is 2. The Morgan fingerprint density at radius 1 is 0.733 bits per heavy atom. The second-order valence-electron chi connectivity index (χ2n) is 8.47. The molecule has 0 saturated heterocycles. The van der Waals surface area contributed by atoms with Crippen LogP contribution in [0.3, 0.4) is 0 Å². The Morgan fingerprint density at radius 3 is 1.49 bits per heavy atom. The van der Waals surface area contributed by atoms with E-state index in [1.165, 1.54) is 19.9 Å². The van der Waals surface area contributed by atoms with Crippen LogP contribution in [0.15, 0.2) is 61.2 Å². The Morgan fingerprint density at radius 2 is 1.13 bits per heavy atom. The first-order valence-electron chi connectivity index (χ1n) is 12.2. The number of carbonyl (C=O) groups is 2. The lowest BCUT2D eigenvalue weighted by Gasteiger charge is -2.08. The van der Waals surface area contributed by atoms with Gasteiger partial charge in [-0.25, -0.2) is 29.9 Å². The number of amides is 1. The minimum atomic E-state index is -4.60. The number of alkyl halides is 8. The van der Waals surface area contributed by atoms with Gasteiger partial charge in [0.2, 0.25) is 22.8 Å². The molecular weight excluding hydrogens is 677 g/mol. The number of anilines is 2. The van der Waals surface area contributed by atoms with Crippen LogP contribution < -0.4 is 11.1 Å². The number of nitrogens with zero attached hydrogens (tertiary/aromatic N) is 6. The second kappa shape index (κ2) is 16.2. The number of nitrogens with one attached hydrogen (secondary N) is 1. The van der Waals surface area contributed by atoms with Crippen LogP contribution in [0.2, 0.25) is 0 Å². The van der Waals surface area contributed by atoms with Crippen molar-refractivity contribution in [1.82, 2.24) is 29.9 Å². The molecule has 4 heterocycles. The van der Waals surface area contributed by atoms with Gasteiger partial charge in [0.25, 0.3) is 0 Å². The van der Waals surface area contributed by atoms with Crippen molar-refractivity contribution >= 4 is 57.6 Å². The van der Waals surface area contributed by atoms with Gasteiger partial charge in [-0.15, -0.1) is 23.2 Å². The highest BCUT2D eigenvalue weighted by atomic mass is 35.5. The molecule has 2 atom stereocenters. The van der Waals surface area contributed by atoms with Crippen LogP contribution in [-0.4, -0.2) is 51.8 Å². The minimum Gasteiger partial charge on any atom is -0.384 e. The van der Waals surface area contributed by atoms with E-state index in [4.69, 9.17) is 40.5 Å². The van der Waals surface area contributed by atoms with Crippen LogP contribution in [0.5, 0.6) is 0 Å². The van der Waals surface area contributed by atoms with E-state index >= 15 is 0 Å². The summed E-state index contributed by atoms with van der Waals surface area (Å²) < 4.78 is 73.9. The molecule has 4 aromatic rings. The fourth-order valence-electron chi connectivity index (χ4n) is 2.72. The number of hydrogen-bond acceptors (Lipinski definition) is 9. The molecule has 0 saturated carbocycles. The monoisotopic (exact) mass is 696 g/mol. The normalized spacial score (nSPS) is 12.4. The topological polar surface area (TPSA) is 150 Å². The van der Waals surface area contributed by atoms with Gasteiger partial charge < -0.3 is 11.1 Å². The highest BCUT2D eigenvalue weighted by Gasteiger charge is 2.35. The molecule has 4 aromatic heterocycles. The van der Waals surface area contributed by atoms with E-state index in [0.717, 1.165) is 24.8 Å². The Balaban J connectivity index is 0.000000272. The van der Waals surface area contributed by atoms with Gasteiger partial charge in [-0.05, 0) is 49.7 Å². The molecule has 45 heavy (non-hydrogen) atoms. The zero-order valence-electron chi connectivity index (χ0n) is 22.9. The van der Waals surface area contributed by atoms with E-state index in [1.807, 2.05) is 0 Å². The Bertz CT molecular complexity index is 1570. The van der Waals surface area contributed by atoms with Crippen LogP contribution in [-0.2, 0) is 21.9 Å². The molecule has 19 heteroatoms. The Kier molecular flexibility index (Phi) is 13.4. The number of halogens is 9. The highest BCUT2D eigenvalue weighted by Crippen LogP contribution is 2.28. The van der Waals surface area contributed by atoms with E-state index in [1.54, 1.807) is 30.3 Å². The number of nitrogens with two attached hydrogens (primary N) is 1. The van der Waals surface area contributed by atoms with Crippen LogP contribution in [0, 0.1) is 0 Å². The zero-order valence-corrected chi connectivity index (χ0v) is 25.2. The molecule has 0 bridgehead atoms. The van der Waals surface area contributed by atoms with Crippen molar-refractivity contribution in [2.45, 2.75) is 37.0 Å². The fourth-order valence-corrected chi connectivity index (χ4v) is 2.77.